The topological polar surface area (TPSA) is 115 Å². The quantitative estimate of drug-likeness (QED) is 0.650. The van der Waals surface area contributed by atoms with E-state index in [4.69, 9.17) is 5.73 Å². The fraction of sp³-hybridized carbons (Fsp3) is 0.667. The molecule has 1 aromatic heterocycles. The highest BCUT2D eigenvalue weighted by molar-refractivity contribution is 5.80. The summed E-state index contributed by atoms with van der Waals surface area (Å²) >= 11 is 0. The van der Waals surface area contributed by atoms with Crippen molar-refractivity contribution in [2.75, 3.05) is 32.7 Å². The summed E-state index contributed by atoms with van der Waals surface area (Å²) in [4.78, 5) is 39.4. The van der Waals surface area contributed by atoms with Gasteiger partial charge in [-0.1, -0.05) is 0 Å². The van der Waals surface area contributed by atoms with Crippen LogP contribution in [0.5, 0.6) is 0 Å². The second-order valence-electron chi connectivity index (χ2n) is 6.40. The molecule has 1 fully saturated rings. The zero-order valence-electron chi connectivity index (χ0n) is 13.1. The Morgan fingerprint density at radius 2 is 1.96 bits per heavy atom. The molecule has 0 spiro atoms. The SMILES string of the molecule is NC(=O)CN1CCCC(C(=O)N2CCc3[nH][nH]c(=O)c3CC2)C1. The van der Waals surface area contributed by atoms with Gasteiger partial charge in [0.05, 0.1) is 12.5 Å². The van der Waals surface area contributed by atoms with Crippen molar-refractivity contribution >= 4 is 11.8 Å². The molecule has 1 saturated heterocycles. The first-order chi connectivity index (χ1) is 11.0. The molecule has 23 heavy (non-hydrogen) atoms. The fourth-order valence-corrected chi connectivity index (χ4v) is 3.60. The monoisotopic (exact) mass is 321 g/mol. The molecule has 0 aromatic carbocycles. The number of hydrogen-bond donors (Lipinski definition) is 3. The number of nitrogens with one attached hydrogen (secondary N) is 2. The number of amides is 2. The lowest BCUT2D eigenvalue weighted by atomic mass is 9.96. The lowest BCUT2D eigenvalue weighted by molar-refractivity contribution is -0.138. The Kier molecular flexibility index (Phi) is 4.51. The van der Waals surface area contributed by atoms with Crippen molar-refractivity contribution in [3.05, 3.63) is 21.6 Å². The van der Waals surface area contributed by atoms with Crippen molar-refractivity contribution in [1.82, 2.24) is 20.0 Å². The smallest absolute Gasteiger partial charge is 0.267 e. The summed E-state index contributed by atoms with van der Waals surface area (Å²) in [5, 5.41) is 5.50. The van der Waals surface area contributed by atoms with Gasteiger partial charge in [0.15, 0.2) is 0 Å². The lowest BCUT2D eigenvalue weighted by Gasteiger charge is -2.34. The zero-order valence-corrected chi connectivity index (χ0v) is 13.1. The summed E-state index contributed by atoms with van der Waals surface area (Å²) in [5.74, 6) is -0.316. The average Bonchev–Trinajstić information content (AvgIpc) is 2.75. The van der Waals surface area contributed by atoms with Crippen LogP contribution in [0.1, 0.15) is 24.1 Å². The van der Waals surface area contributed by atoms with Gasteiger partial charge in [-0.2, -0.15) is 0 Å². The number of carbonyl (C=O) groups excluding carboxylic acids is 2. The predicted molar refractivity (Wildman–Crippen MR) is 83.8 cm³/mol. The van der Waals surface area contributed by atoms with E-state index < -0.39 is 0 Å². The number of aromatic nitrogens is 2. The number of primary amides is 1. The van der Waals surface area contributed by atoms with Crippen molar-refractivity contribution in [2.45, 2.75) is 25.7 Å². The molecule has 126 valence electrons. The Labute approximate surface area is 134 Å². The first-order valence-corrected chi connectivity index (χ1v) is 8.12. The van der Waals surface area contributed by atoms with Crippen molar-refractivity contribution in [3.8, 4) is 0 Å². The number of aromatic amines is 2. The summed E-state index contributed by atoms with van der Waals surface area (Å²) in [7, 11) is 0. The van der Waals surface area contributed by atoms with Crippen LogP contribution in [0.3, 0.4) is 0 Å². The molecule has 3 heterocycles. The molecule has 0 aliphatic carbocycles. The maximum Gasteiger partial charge on any atom is 0.267 e. The van der Waals surface area contributed by atoms with E-state index >= 15 is 0 Å². The van der Waals surface area contributed by atoms with Gasteiger partial charge in [0.1, 0.15) is 0 Å². The van der Waals surface area contributed by atoms with Crippen LogP contribution in [-0.2, 0) is 22.4 Å². The van der Waals surface area contributed by atoms with Crippen LogP contribution < -0.4 is 11.3 Å². The van der Waals surface area contributed by atoms with Crippen molar-refractivity contribution in [1.29, 1.82) is 0 Å². The molecule has 3 rings (SSSR count). The maximum atomic E-state index is 12.8. The van der Waals surface area contributed by atoms with Gasteiger partial charge in [-0.25, -0.2) is 0 Å². The first kappa shape index (κ1) is 15.8. The van der Waals surface area contributed by atoms with E-state index in [1.807, 2.05) is 9.80 Å². The average molecular weight is 321 g/mol. The Bertz CT molecular complexity index is 650. The van der Waals surface area contributed by atoms with Crippen LogP contribution in [0.25, 0.3) is 0 Å². The normalized spacial score (nSPS) is 22.4. The van der Waals surface area contributed by atoms with Gasteiger partial charge in [-0.15, -0.1) is 0 Å². The van der Waals surface area contributed by atoms with Crippen molar-refractivity contribution in [3.63, 3.8) is 0 Å². The third kappa shape index (κ3) is 3.47. The number of H-pyrrole nitrogens is 2. The second-order valence-corrected chi connectivity index (χ2v) is 6.40. The van der Waals surface area contributed by atoms with E-state index in [0.717, 1.165) is 30.6 Å². The first-order valence-electron chi connectivity index (χ1n) is 8.12. The molecule has 1 atom stereocenters. The molecule has 4 N–H and O–H groups in total. The number of rotatable bonds is 3. The number of hydrogen-bond acceptors (Lipinski definition) is 4. The van der Waals surface area contributed by atoms with Gasteiger partial charge in [0.2, 0.25) is 11.8 Å². The van der Waals surface area contributed by atoms with Crippen LogP contribution >= 0.6 is 0 Å². The third-order valence-electron chi connectivity index (χ3n) is 4.77. The van der Waals surface area contributed by atoms with Gasteiger partial charge < -0.3 is 15.7 Å². The zero-order chi connectivity index (χ0) is 16.4. The van der Waals surface area contributed by atoms with Gasteiger partial charge in [-0.3, -0.25) is 24.4 Å². The Morgan fingerprint density at radius 3 is 2.74 bits per heavy atom. The highest BCUT2D eigenvalue weighted by Gasteiger charge is 2.31. The van der Waals surface area contributed by atoms with E-state index in [2.05, 4.69) is 10.2 Å². The predicted octanol–water partition coefficient (Wildman–Crippen LogP) is -1.17. The van der Waals surface area contributed by atoms with E-state index in [-0.39, 0.29) is 29.8 Å². The highest BCUT2D eigenvalue weighted by atomic mass is 16.2. The van der Waals surface area contributed by atoms with Gasteiger partial charge >= 0.3 is 0 Å². The molecule has 8 heteroatoms. The number of nitrogens with two attached hydrogens (primary N) is 1. The largest absolute Gasteiger partial charge is 0.369 e. The summed E-state index contributed by atoms with van der Waals surface area (Å²) in [6, 6.07) is 0. The molecule has 2 amide bonds. The Morgan fingerprint density at radius 1 is 1.17 bits per heavy atom. The van der Waals surface area contributed by atoms with E-state index in [1.165, 1.54) is 0 Å². The molecule has 0 saturated carbocycles. The lowest BCUT2D eigenvalue weighted by Crippen LogP contribution is -2.47. The van der Waals surface area contributed by atoms with E-state index in [1.54, 1.807) is 0 Å². The standard InChI is InChI=1S/C15H23N5O3/c16-13(21)9-19-5-1-2-10(8-19)15(23)20-6-3-11-12(4-7-20)17-18-14(11)22/h10H,1-9H2,(H2,16,21)(H2,17,18,22). The minimum atomic E-state index is -0.356. The summed E-state index contributed by atoms with van der Waals surface area (Å²) in [5.41, 5.74) is 6.83. The number of piperidine rings is 1. The molecule has 0 bridgehead atoms. The van der Waals surface area contributed by atoms with Gasteiger partial charge in [0, 0.05) is 37.3 Å². The van der Waals surface area contributed by atoms with E-state index in [0.29, 0.717) is 32.5 Å². The Balaban J connectivity index is 1.62. The van der Waals surface area contributed by atoms with Crippen LogP contribution in [0.4, 0.5) is 0 Å². The van der Waals surface area contributed by atoms with E-state index in [9.17, 15) is 14.4 Å². The minimum Gasteiger partial charge on any atom is -0.369 e. The van der Waals surface area contributed by atoms with Crippen LogP contribution in [0, 0.1) is 5.92 Å². The summed E-state index contributed by atoms with van der Waals surface area (Å²) in [6.45, 7) is 2.80. The highest BCUT2D eigenvalue weighted by Crippen LogP contribution is 2.20. The number of likely N-dealkylation sites (tertiary alicyclic amines) is 1. The van der Waals surface area contributed by atoms with Crippen LogP contribution in [0.2, 0.25) is 0 Å². The molecular formula is C15H23N5O3. The van der Waals surface area contributed by atoms with Crippen LogP contribution in [0.15, 0.2) is 4.79 Å². The third-order valence-corrected chi connectivity index (χ3v) is 4.77. The fourth-order valence-electron chi connectivity index (χ4n) is 3.60. The molecule has 1 unspecified atom stereocenters. The molecule has 8 nitrogen and oxygen atoms in total. The van der Waals surface area contributed by atoms with Gasteiger partial charge in [0.25, 0.3) is 5.56 Å². The second kappa shape index (κ2) is 6.57. The molecule has 0 radical (unpaired) electrons. The maximum absolute atomic E-state index is 12.8. The van der Waals surface area contributed by atoms with Crippen molar-refractivity contribution < 1.29 is 9.59 Å². The molecule has 2 aliphatic rings. The van der Waals surface area contributed by atoms with Gasteiger partial charge in [-0.05, 0) is 25.8 Å². The van der Waals surface area contributed by atoms with Crippen LogP contribution in [-0.4, -0.2) is 64.5 Å². The van der Waals surface area contributed by atoms with Crippen molar-refractivity contribution in [2.24, 2.45) is 11.7 Å². The molecule has 2 aliphatic heterocycles. The number of carbonyl (C=O) groups is 2. The molecular weight excluding hydrogens is 298 g/mol. The summed E-state index contributed by atoms with van der Waals surface area (Å²) in [6.07, 6.45) is 2.99. The Hall–Kier alpha value is -2.09. The number of nitrogens with zero attached hydrogens (tertiary/aromatic N) is 2. The number of fused-ring (bicyclic) bond motifs is 1. The summed E-state index contributed by atoms with van der Waals surface area (Å²) < 4.78 is 0. The molecule has 1 aromatic rings. The minimum absolute atomic E-state index is 0.0837.